The van der Waals surface area contributed by atoms with Crippen LogP contribution in [0.25, 0.3) is 0 Å². The van der Waals surface area contributed by atoms with Gasteiger partial charge in [-0.1, -0.05) is 37.1 Å². The summed E-state index contributed by atoms with van der Waals surface area (Å²) >= 11 is 0. The number of benzene rings is 3. The number of fused-ring (bicyclic) bond motifs is 4. The molecule has 0 aromatic heterocycles. The molecule has 0 spiro atoms. The minimum Gasteiger partial charge on any atom is -0.494 e. The van der Waals surface area contributed by atoms with Gasteiger partial charge in [0.1, 0.15) is 24.4 Å². The number of rotatable bonds is 17. The predicted octanol–water partition coefficient (Wildman–Crippen LogP) is 5.59. The van der Waals surface area contributed by atoms with E-state index in [-0.39, 0.29) is 59.7 Å². The Kier molecular flexibility index (Phi) is 15.9. The van der Waals surface area contributed by atoms with Crippen molar-refractivity contribution in [2.24, 2.45) is 5.92 Å². The molecule has 4 aliphatic heterocycles. The number of nitrogens with one attached hydrogen (secondary N) is 3. The summed E-state index contributed by atoms with van der Waals surface area (Å²) in [6.45, 7) is 8.58. The number of methoxy groups -OCH3 is 1. The molecule has 6 atom stereocenters. The molecule has 4 aliphatic rings. The van der Waals surface area contributed by atoms with E-state index in [0.717, 1.165) is 20.9 Å². The number of nitrogens with zero attached hydrogens (tertiary/aromatic N) is 4. The molecule has 0 saturated carbocycles. The van der Waals surface area contributed by atoms with E-state index < -0.39 is 78.5 Å². The Morgan fingerprint density at radius 2 is 1.31 bits per heavy atom. The van der Waals surface area contributed by atoms with Crippen molar-refractivity contribution in [3.63, 3.8) is 0 Å². The first-order chi connectivity index (χ1) is 34.3. The molecular weight excluding hydrogens is 939 g/mol. The number of ether oxygens (including phenoxy) is 4. The average molecular weight is 998 g/mol. The summed E-state index contributed by atoms with van der Waals surface area (Å²) in [6.07, 6.45) is -1.18. The fourth-order valence-corrected chi connectivity index (χ4v) is 8.99. The number of aliphatic hydroxyl groups excluding tert-OH is 2. The van der Waals surface area contributed by atoms with Crippen LogP contribution in [0, 0.1) is 5.92 Å². The average Bonchev–Trinajstić information content (AvgIpc) is 3.90. The molecule has 0 fully saturated rings. The molecule has 0 bridgehead atoms. The van der Waals surface area contributed by atoms with Crippen LogP contribution in [-0.4, -0.2) is 129 Å². The van der Waals surface area contributed by atoms with Crippen LogP contribution in [0.5, 0.6) is 17.2 Å². The van der Waals surface area contributed by atoms with Gasteiger partial charge in [0.25, 0.3) is 11.8 Å². The van der Waals surface area contributed by atoms with Gasteiger partial charge in [0.2, 0.25) is 11.8 Å². The van der Waals surface area contributed by atoms with E-state index in [1.807, 2.05) is 6.92 Å². The van der Waals surface area contributed by atoms with Gasteiger partial charge in [0.05, 0.1) is 54.9 Å². The second-order valence-corrected chi connectivity index (χ2v) is 18.4. The number of aliphatic hydroxyl groups is 2. The molecule has 3 aromatic carbocycles. The predicted molar refractivity (Wildman–Crippen MR) is 259 cm³/mol. The summed E-state index contributed by atoms with van der Waals surface area (Å²) in [5.41, 5.74) is 2.78. The second kappa shape index (κ2) is 22.1. The number of carbonyl (C=O) groups excluding carboxylic acids is 5. The minimum absolute atomic E-state index is 0.0263. The molecule has 0 radical (unpaired) electrons. The first kappa shape index (κ1) is 52.0. The van der Waals surface area contributed by atoms with Gasteiger partial charge in [-0.05, 0) is 94.7 Å². The van der Waals surface area contributed by atoms with E-state index in [4.69, 9.17) is 24.1 Å². The van der Waals surface area contributed by atoms with Crippen molar-refractivity contribution in [1.29, 1.82) is 0 Å². The van der Waals surface area contributed by atoms with Crippen molar-refractivity contribution in [3.05, 3.63) is 94.8 Å². The number of amides is 7. The zero-order valence-corrected chi connectivity index (χ0v) is 40.6. The normalized spacial score (nSPS) is 19.8. The van der Waals surface area contributed by atoms with Gasteiger partial charge in [0, 0.05) is 30.2 Å². The van der Waals surface area contributed by atoms with Gasteiger partial charge in [-0.25, -0.2) is 24.2 Å². The van der Waals surface area contributed by atoms with E-state index in [2.05, 4.69) is 16.0 Å². The minimum atomic E-state index is -1.53. The third-order valence-corrected chi connectivity index (χ3v) is 12.7. The molecule has 72 heavy (non-hydrogen) atoms. The molecule has 384 valence electrons. The Labute approximate surface area is 414 Å². The van der Waals surface area contributed by atoms with E-state index >= 15 is 0 Å². The lowest BCUT2D eigenvalue weighted by molar-refractivity contribution is -0.128. The zero-order chi connectivity index (χ0) is 52.1. The summed E-state index contributed by atoms with van der Waals surface area (Å²) in [6, 6.07) is 10.1. The van der Waals surface area contributed by atoms with Crippen LogP contribution in [0.15, 0.2) is 78.1 Å². The molecule has 7 N–H and O–H groups in total. The molecule has 22 nitrogen and oxygen atoms in total. The van der Waals surface area contributed by atoms with E-state index in [0.29, 0.717) is 49.1 Å². The third kappa shape index (κ3) is 11.2. The van der Waals surface area contributed by atoms with Crippen molar-refractivity contribution < 1.29 is 72.9 Å². The lowest BCUT2D eigenvalue weighted by Crippen LogP contribution is -2.53. The van der Waals surface area contributed by atoms with E-state index in [1.54, 1.807) is 63.5 Å². The maximum absolute atomic E-state index is 14.0. The van der Waals surface area contributed by atoms with Crippen molar-refractivity contribution in [1.82, 2.24) is 20.4 Å². The first-order valence-corrected chi connectivity index (χ1v) is 23.4. The molecule has 7 amide bonds. The number of hydrogen-bond acceptors (Lipinski definition) is 13. The lowest BCUT2D eigenvalue weighted by atomic mass is 10.0. The summed E-state index contributed by atoms with van der Waals surface area (Å²) in [7, 11) is 1.40. The fraction of sp³-hybridized carbons (Fsp3) is 0.420. The maximum atomic E-state index is 14.0. The van der Waals surface area contributed by atoms with Crippen molar-refractivity contribution in [3.8, 4) is 17.2 Å². The molecule has 7 rings (SSSR count). The number of hydrogen-bond donors (Lipinski definition) is 7. The number of carbonyl (C=O) groups is 7. The molecule has 2 unspecified atom stereocenters. The van der Waals surface area contributed by atoms with Crippen LogP contribution in [0.3, 0.4) is 0 Å². The summed E-state index contributed by atoms with van der Waals surface area (Å²) in [4.78, 5) is 95.1. The largest absolute Gasteiger partial charge is 0.494 e. The van der Waals surface area contributed by atoms with Crippen LogP contribution < -0.4 is 40.0 Å². The smallest absolute Gasteiger partial charge is 0.416 e. The van der Waals surface area contributed by atoms with Gasteiger partial charge < -0.3 is 65.1 Å². The van der Waals surface area contributed by atoms with Gasteiger partial charge in [-0.15, -0.1) is 0 Å². The topological polar surface area (TPSA) is 286 Å². The van der Waals surface area contributed by atoms with Gasteiger partial charge in [0.15, 0.2) is 24.0 Å². The number of anilines is 3. The molecular formula is C50H59N7O15. The Balaban J connectivity index is 0.953. The molecule has 22 heteroatoms. The zero-order valence-electron chi connectivity index (χ0n) is 40.6. The van der Waals surface area contributed by atoms with Crippen molar-refractivity contribution >= 4 is 59.0 Å². The molecule has 0 saturated heterocycles. The Morgan fingerprint density at radius 1 is 0.708 bits per heavy atom. The maximum Gasteiger partial charge on any atom is 0.416 e. The standard InChI is InChI=1S/C50H59N7O15/c1-26(2)41(53-48(64)65)43(59)51-29(5)42(58)52-31-12-10-30(11-13-31)25-72-50(68)57-35-20-32(14-15-33(35)44(60)54-23-28(4)19-38(54)47(57)63)70-16-8-7-9-17-71-40-22-36-34(21-39(40)69-6)45(61)55-24-27(3)18-37(55)46(62)56(36)49(66)67/h10-15,20-24,26,29,37-38,41,46-47,53,62-63H,7-9,16-19,25H2,1-6H3,(H,51,59)(H,52,58)(H,64,65)(H,66,67)/t29-,37?,38-,41-,46-,47?/m0/s1. The van der Waals surface area contributed by atoms with Crippen LogP contribution >= 0.6 is 0 Å². The lowest BCUT2D eigenvalue weighted by Gasteiger charge is -2.31. The van der Waals surface area contributed by atoms with Crippen LogP contribution in [0.1, 0.15) is 93.0 Å². The highest BCUT2D eigenvalue weighted by atomic mass is 16.6. The van der Waals surface area contributed by atoms with E-state index in [9.17, 15) is 48.9 Å². The second-order valence-electron chi connectivity index (χ2n) is 18.4. The Morgan fingerprint density at radius 3 is 1.90 bits per heavy atom. The summed E-state index contributed by atoms with van der Waals surface area (Å²) in [5, 5.41) is 49.4. The quantitative estimate of drug-likeness (QED) is 0.0812. The first-order valence-electron chi connectivity index (χ1n) is 23.4. The number of carboxylic acid groups (broad SMARTS) is 2. The van der Waals surface area contributed by atoms with Crippen molar-refractivity contribution in [2.45, 2.75) is 110 Å². The highest BCUT2D eigenvalue weighted by Gasteiger charge is 2.46. The Hall–Kier alpha value is -7.85. The highest BCUT2D eigenvalue weighted by molar-refractivity contribution is 6.07. The Bertz CT molecular complexity index is 2670. The van der Waals surface area contributed by atoms with Gasteiger partial charge in [-0.3, -0.25) is 19.2 Å². The molecule has 4 heterocycles. The highest BCUT2D eigenvalue weighted by Crippen LogP contribution is 2.42. The summed E-state index contributed by atoms with van der Waals surface area (Å²) in [5.74, 6) is -1.76. The third-order valence-electron chi connectivity index (χ3n) is 12.7. The molecule has 3 aromatic rings. The van der Waals surface area contributed by atoms with Crippen LogP contribution in [0.2, 0.25) is 0 Å². The van der Waals surface area contributed by atoms with Gasteiger partial charge >= 0.3 is 18.3 Å². The monoisotopic (exact) mass is 997 g/mol. The SMILES string of the molecule is COc1cc2c(cc1OCCCCCOc1ccc3c(c1)N(C(=O)OCc1ccc(NC(=O)[C@H](C)NC(=O)[C@@H](NC(=O)O)C(C)C)cc1)C(O)[C@@H]1CC(C)=CN1C3=O)N(C(=O)O)[C@@H](O)C1CC(C)=CN1C2=O. The van der Waals surface area contributed by atoms with Gasteiger partial charge in [-0.2, -0.15) is 0 Å². The fourth-order valence-electron chi connectivity index (χ4n) is 8.99. The van der Waals surface area contributed by atoms with Crippen molar-refractivity contribution in [2.75, 3.05) is 35.4 Å². The number of unbranched alkanes of at least 4 members (excludes halogenated alkanes) is 2. The van der Waals surface area contributed by atoms with Crippen LogP contribution in [-0.2, 0) is 20.9 Å². The van der Waals surface area contributed by atoms with E-state index in [1.165, 1.54) is 48.1 Å². The summed E-state index contributed by atoms with van der Waals surface area (Å²) < 4.78 is 23.3. The molecule has 0 aliphatic carbocycles. The van der Waals surface area contributed by atoms with Crippen LogP contribution in [0.4, 0.5) is 31.4 Å².